The second-order valence-corrected chi connectivity index (χ2v) is 4.11. The zero-order valence-electron chi connectivity index (χ0n) is 9.43. The number of carbonyl (C=O) groups excluding carboxylic acids is 1. The van der Waals surface area contributed by atoms with E-state index in [-0.39, 0.29) is 25.2 Å². The van der Waals surface area contributed by atoms with Crippen LogP contribution in [0.5, 0.6) is 5.75 Å². The van der Waals surface area contributed by atoms with Crippen LogP contribution in [-0.2, 0) is 11.4 Å². The van der Waals surface area contributed by atoms with Gasteiger partial charge in [0.1, 0.15) is 5.75 Å². The summed E-state index contributed by atoms with van der Waals surface area (Å²) in [4.78, 5) is 13.4. The third-order valence-electron chi connectivity index (χ3n) is 2.60. The molecule has 0 unspecified atom stereocenters. The first-order valence-corrected chi connectivity index (χ1v) is 5.32. The lowest BCUT2D eigenvalue weighted by Crippen LogP contribution is -2.43. The Morgan fingerprint density at radius 1 is 1.50 bits per heavy atom. The first kappa shape index (κ1) is 11.0. The molecule has 0 saturated carbocycles. The van der Waals surface area contributed by atoms with Gasteiger partial charge >= 0.3 is 0 Å². The minimum absolute atomic E-state index is 0.0343. The van der Waals surface area contributed by atoms with Gasteiger partial charge in [0.15, 0.2) is 6.61 Å². The Morgan fingerprint density at radius 3 is 2.88 bits per heavy atom. The SMILES string of the molecule is CC(C)N1C(=O)COc2ccc(CO)cc21. The van der Waals surface area contributed by atoms with E-state index >= 15 is 0 Å². The van der Waals surface area contributed by atoms with Gasteiger partial charge in [-0.1, -0.05) is 6.07 Å². The summed E-state index contributed by atoms with van der Waals surface area (Å²) in [6.07, 6.45) is 0. The number of benzene rings is 1. The van der Waals surface area contributed by atoms with Crippen LogP contribution in [0.2, 0.25) is 0 Å². The predicted octanol–water partition coefficient (Wildman–Crippen LogP) is 1.31. The molecule has 1 N–H and O–H groups in total. The number of amides is 1. The maximum absolute atomic E-state index is 11.7. The monoisotopic (exact) mass is 221 g/mol. The Bertz CT molecular complexity index is 415. The molecule has 1 aromatic carbocycles. The largest absolute Gasteiger partial charge is 0.482 e. The zero-order chi connectivity index (χ0) is 11.7. The molecule has 0 aliphatic carbocycles. The van der Waals surface area contributed by atoms with E-state index in [0.717, 1.165) is 11.3 Å². The smallest absolute Gasteiger partial charge is 0.265 e. The van der Waals surface area contributed by atoms with Gasteiger partial charge in [0, 0.05) is 6.04 Å². The number of hydrogen-bond acceptors (Lipinski definition) is 3. The molecular weight excluding hydrogens is 206 g/mol. The number of aliphatic hydroxyl groups excluding tert-OH is 1. The molecule has 0 spiro atoms. The summed E-state index contributed by atoms with van der Waals surface area (Å²) >= 11 is 0. The van der Waals surface area contributed by atoms with Crippen molar-refractivity contribution in [3.05, 3.63) is 23.8 Å². The van der Waals surface area contributed by atoms with Crippen LogP contribution < -0.4 is 9.64 Å². The summed E-state index contributed by atoms with van der Waals surface area (Å²) in [5, 5.41) is 9.09. The normalized spacial score (nSPS) is 15.0. The van der Waals surface area contributed by atoms with Gasteiger partial charge in [0.25, 0.3) is 5.91 Å². The molecule has 0 saturated heterocycles. The molecule has 1 aromatic rings. The summed E-state index contributed by atoms with van der Waals surface area (Å²) in [7, 11) is 0. The number of nitrogens with zero attached hydrogens (tertiary/aromatic N) is 1. The van der Waals surface area contributed by atoms with Gasteiger partial charge in [0.05, 0.1) is 12.3 Å². The molecule has 0 atom stereocenters. The summed E-state index contributed by atoms with van der Waals surface area (Å²) < 4.78 is 5.34. The van der Waals surface area contributed by atoms with Crippen LogP contribution in [-0.4, -0.2) is 23.7 Å². The molecule has 1 aliphatic heterocycles. The van der Waals surface area contributed by atoms with Crippen LogP contribution in [0.1, 0.15) is 19.4 Å². The Morgan fingerprint density at radius 2 is 2.25 bits per heavy atom. The van der Waals surface area contributed by atoms with E-state index in [1.54, 1.807) is 23.1 Å². The minimum Gasteiger partial charge on any atom is -0.482 e. The van der Waals surface area contributed by atoms with Crippen molar-refractivity contribution in [3.63, 3.8) is 0 Å². The fraction of sp³-hybridized carbons (Fsp3) is 0.417. The Balaban J connectivity index is 2.48. The average Bonchev–Trinajstić information content (AvgIpc) is 2.27. The second-order valence-electron chi connectivity index (χ2n) is 4.11. The van der Waals surface area contributed by atoms with Crippen molar-refractivity contribution in [2.45, 2.75) is 26.5 Å². The number of hydrogen-bond donors (Lipinski definition) is 1. The number of aliphatic hydroxyl groups is 1. The van der Waals surface area contributed by atoms with Crippen LogP contribution in [0.3, 0.4) is 0 Å². The highest BCUT2D eigenvalue weighted by Gasteiger charge is 2.27. The zero-order valence-corrected chi connectivity index (χ0v) is 9.43. The minimum atomic E-state index is -0.0439. The van der Waals surface area contributed by atoms with Crippen LogP contribution in [0.4, 0.5) is 5.69 Å². The van der Waals surface area contributed by atoms with Gasteiger partial charge in [-0.3, -0.25) is 4.79 Å². The van der Waals surface area contributed by atoms with E-state index in [9.17, 15) is 4.79 Å². The maximum atomic E-state index is 11.7. The molecule has 1 amide bonds. The molecule has 0 aromatic heterocycles. The average molecular weight is 221 g/mol. The predicted molar refractivity (Wildman–Crippen MR) is 60.5 cm³/mol. The highest BCUT2D eigenvalue weighted by molar-refractivity contribution is 5.98. The number of carbonyl (C=O) groups is 1. The van der Waals surface area contributed by atoms with E-state index in [1.165, 1.54) is 0 Å². The fourth-order valence-electron chi connectivity index (χ4n) is 1.88. The molecule has 86 valence electrons. The highest BCUT2D eigenvalue weighted by Crippen LogP contribution is 2.34. The van der Waals surface area contributed by atoms with Crippen LogP contribution in [0, 0.1) is 0 Å². The Hall–Kier alpha value is -1.55. The van der Waals surface area contributed by atoms with Crippen LogP contribution in [0.15, 0.2) is 18.2 Å². The topological polar surface area (TPSA) is 49.8 Å². The van der Waals surface area contributed by atoms with Crippen molar-refractivity contribution in [2.75, 3.05) is 11.5 Å². The standard InChI is InChI=1S/C12H15NO3/c1-8(2)13-10-5-9(6-14)3-4-11(10)16-7-12(13)15/h3-5,8,14H,6-7H2,1-2H3. The third kappa shape index (κ3) is 1.76. The number of ether oxygens (including phenoxy) is 1. The number of anilines is 1. The van der Waals surface area contributed by atoms with Crippen molar-refractivity contribution < 1.29 is 14.6 Å². The summed E-state index contributed by atoms with van der Waals surface area (Å²) in [6, 6.07) is 5.48. The molecule has 0 fully saturated rings. The van der Waals surface area contributed by atoms with Gasteiger partial charge in [-0.2, -0.15) is 0 Å². The molecule has 0 bridgehead atoms. The molecule has 16 heavy (non-hydrogen) atoms. The lowest BCUT2D eigenvalue weighted by molar-refractivity contribution is -0.121. The Labute approximate surface area is 94.4 Å². The van der Waals surface area contributed by atoms with Gasteiger partial charge < -0.3 is 14.7 Å². The first-order chi connectivity index (χ1) is 7.63. The van der Waals surface area contributed by atoms with E-state index in [1.807, 2.05) is 13.8 Å². The summed E-state index contributed by atoms with van der Waals surface area (Å²) in [5.41, 5.74) is 1.53. The summed E-state index contributed by atoms with van der Waals surface area (Å²) in [6.45, 7) is 3.97. The Kier molecular flexibility index (Phi) is 2.83. The molecule has 2 rings (SSSR count). The van der Waals surface area contributed by atoms with E-state index in [0.29, 0.717) is 5.75 Å². The molecule has 1 aliphatic rings. The van der Waals surface area contributed by atoms with E-state index in [4.69, 9.17) is 9.84 Å². The van der Waals surface area contributed by atoms with Crippen molar-refractivity contribution >= 4 is 11.6 Å². The first-order valence-electron chi connectivity index (χ1n) is 5.32. The highest BCUT2D eigenvalue weighted by atomic mass is 16.5. The molecule has 0 radical (unpaired) electrons. The molecule has 4 nitrogen and oxygen atoms in total. The van der Waals surface area contributed by atoms with Gasteiger partial charge in [0.2, 0.25) is 0 Å². The van der Waals surface area contributed by atoms with E-state index < -0.39 is 0 Å². The van der Waals surface area contributed by atoms with Crippen molar-refractivity contribution in [3.8, 4) is 5.75 Å². The number of fused-ring (bicyclic) bond motifs is 1. The molecule has 4 heteroatoms. The number of rotatable bonds is 2. The fourth-order valence-corrected chi connectivity index (χ4v) is 1.88. The van der Waals surface area contributed by atoms with E-state index in [2.05, 4.69) is 0 Å². The lowest BCUT2D eigenvalue weighted by Gasteiger charge is -2.32. The van der Waals surface area contributed by atoms with Crippen molar-refractivity contribution in [2.24, 2.45) is 0 Å². The van der Waals surface area contributed by atoms with Gasteiger partial charge in [-0.15, -0.1) is 0 Å². The van der Waals surface area contributed by atoms with Crippen molar-refractivity contribution in [1.82, 2.24) is 0 Å². The maximum Gasteiger partial charge on any atom is 0.265 e. The van der Waals surface area contributed by atoms with Crippen LogP contribution in [0.25, 0.3) is 0 Å². The lowest BCUT2D eigenvalue weighted by atomic mass is 10.1. The van der Waals surface area contributed by atoms with Crippen LogP contribution >= 0.6 is 0 Å². The summed E-state index contributed by atoms with van der Waals surface area (Å²) in [5.74, 6) is 0.656. The van der Waals surface area contributed by atoms with Gasteiger partial charge in [-0.05, 0) is 31.5 Å². The second kappa shape index (κ2) is 4.14. The third-order valence-corrected chi connectivity index (χ3v) is 2.60. The molecule has 1 heterocycles. The van der Waals surface area contributed by atoms with Crippen molar-refractivity contribution in [1.29, 1.82) is 0 Å². The van der Waals surface area contributed by atoms with Gasteiger partial charge in [-0.25, -0.2) is 0 Å². The quantitative estimate of drug-likeness (QED) is 0.819. The molecular formula is C12H15NO3.